The van der Waals surface area contributed by atoms with E-state index in [2.05, 4.69) is 18.4 Å². The molecule has 1 fully saturated rings. The van der Waals surface area contributed by atoms with Crippen LogP contribution in [-0.4, -0.2) is 69.2 Å². The van der Waals surface area contributed by atoms with E-state index in [-0.39, 0.29) is 43.5 Å². The molecule has 4 N–H and O–H groups in total. The predicted octanol–water partition coefficient (Wildman–Crippen LogP) is 6.65. The third kappa shape index (κ3) is 22.4. The zero-order chi connectivity index (χ0) is 34.9. The molecule has 0 aromatic heterocycles. The van der Waals surface area contributed by atoms with Gasteiger partial charge in [-0.3, -0.25) is 18.9 Å². The number of carbonyl (C=O) groups is 3. The Labute approximate surface area is 281 Å². The molecule has 0 spiro atoms. The Bertz CT molecular complexity index is 977. The van der Waals surface area contributed by atoms with Gasteiger partial charge in [-0.25, -0.2) is 4.57 Å². The van der Waals surface area contributed by atoms with Crippen molar-refractivity contribution in [3.63, 3.8) is 0 Å². The molecule has 0 aromatic rings. The zero-order valence-corrected chi connectivity index (χ0v) is 29.5. The predicted molar refractivity (Wildman–Crippen MR) is 180 cm³/mol. The summed E-state index contributed by atoms with van der Waals surface area (Å²) in [5.41, 5.74) is 0. The lowest BCUT2D eigenvalue weighted by Crippen LogP contribution is -2.29. The van der Waals surface area contributed by atoms with Gasteiger partial charge in [0.25, 0.3) is 0 Å². The van der Waals surface area contributed by atoms with Crippen molar-refractivity contribution in [1.82, 2.24) is 0 Å². The number of rotatable bonds is 28. The molecule has 0 bridgehead atoms. The summed E-state index contributed by atoms with van der Waals surface area (Å²) in [7, 11) is -4.81. The van der Waals surface area contributed by atoms with Crippen molar-refractivity contribution >= 4 is 25.5 Å². The first-order valence-electron chi connectivity index (χ1n) is 17.7. The van der Waals surface area contributed by atoms with Crippen molar-refractivity contribution in [1.29, 1.82) is 0 Å². The molecule has 0 unspecified atom stereocenters. The molecular formula is C35H61O11P. The zero-order valence-electron chi connectivity index (χ0n) is 28.6. The summed E-state index contributed by atoms with van der Waals surface area (Å²) in [6, 6.07) is 0. The highest BCUT2D eigenvalue weighted by Gasteiger charge is 2.39. The van der Waals surface area contributed by atoms with Crippen LogP contribution in [0.25, 0.3) is 0 Å². The number of hydrogen-bond acceptors (Lipinski definition) is 9. The van der Waals surface area contributed by atoms with Crippen LogP contribution >= 0.6 is 7.82 Å². The first kappa shape index (κ1) is 43.1. The molecule has 0 radical (unpaired) electrons. The van der Waals surface area contributed by atoms with Gasteiger partial charge in [-0.15, -0.1) is 0 Å². The van der Waals surface area contributed by atoms with Gasteiger partial charge in [-0.05, 0) is 32.1 Å². The molecule has 0 amide bonds. The molecule has 1 saturated carbocycles. The lowest BCUT2D eigenvalue weighted by Gasteiger charge is -2.18. The molecule has 1 aliphatic carbocycles. The van der Waals surface area contributed by atoms with Crippen LogP contribution < -0.4 is 0 Å². The third-order valence-corrected chi connectivity index (χ3v) is 8.83. The molecule has 5 atom stereocenters. The van der Waals surface area contributed by atoms with Gasteiger partial charge in [0.05, 0.1) is 18.8 Å². The van der Waals surface area contributed by atoms with E-state index < -0.39 is 44.7 Å². The van der Waals surface area contributed by atoms with E-state index >= 15 is 0 Å². The molecule has 0 heterocycles. The number of carbonyl (C=O) groups excluding carboxylic acids is 3. The lowest BCUT2D eigenvalue weighted by atomic mass is 9.90. The third-order valence-electron chi connectivity index (χ3n) is 8.34. The van der Waals surface area contributed by atoms with Crippen LogP contribution in [0.5, 0.6) is 0 Å². The van der Waals surface area contributed by atoms with Crippen molar-refractivity contribution in [2.75, 3.05) is 13.2 Å². The van der Waals surface area contributed by atoms with E-state index in [1.165, 1.54) is 32.1 Å². The maximum atomic E-state index is 12.4. The van der Waals surface area contributed by atoms with Gasteiger partial charge in [0, 0.05) is 31.1 Å². The Morgan fingerprint density at radius 1 is 0.872 bits per heavy atom. The summed E-state index contributed by atoms with van der Waals surface area (Å²) in [6.07, 6.45) is 20.0. The standard InChI is InChI=1S/C35H61O11P/c1-3-5-7-8-9-10-11-12-18-22-35(40)46-29(27-45-47(41,42)43)26-44-34(39)21-17-14-13-16-20-30-31(33(38)25-32(30)37)24-23-28(36)19-15-6-4-2/h13,16,23-24,28-31,33,36,38H,3-12,14-15,17-22,25-27H2,1-2H3,(H2,41,42,43)/b16-13-,24-23+/t28-,29+,30+,31+,33+/m0/s1. The Kier molecular flexibility index (Phi) is 23.9. The first-order valence-corrected chi connectivity index (χ1v) is 19.3. The van der Waals surface area contributed by atoms with Gasteiger partial charge in [-0.2, -0.15) is 0 Å². The van der Waals surface area contributed by atoms with E-state index in [9.17, 15) is 29.2 Å². The Hall–Kier alpha value is -1.88. The first-order chi connectivity index (χ1) is 22.5. The molecule has 272 valence electrons. The fourth-order valence-electron chi connectivity index (χ4n) is 5.59. The Morgan fingerprint density at radius 3 is 2.15 bits per heavy atom. The van der Waals surface area contributed by atoms with Crippen LogP contribution in [0.3, 0.4) is 0 Å². The monoisotopic (exact) mass is 688 g/mol. The van der Waals surface area contributed by atoms with Gasteiger partial charge >= 0.3 is 19.8 Å². The number of Topliss-reactive ketones (excluding diaryl/α,β-unsaturated/α-hetero) is 1. The minimum Gasteiger partial charge on any atom is -0.462 e. The van der Waals surface area contributed by atoms with E-state index in [0.717, 1.165) is 38.5 Å². The summed E-state index contributed by atoms with van der Waals surface area (Å²) in [5.74, 6) is -1.80. The SMILES string of the molecule is CCCCCCCCCCCC(=O)O[C@H](COC(=O)CCC/C=C\C[C@H]1C(=O)C[C@@H](O)[C@@H]1/C=C/[C@@H](O)CCCCC)COP(=O)(O)O. The maximum Gasteiger partial charge on any atom is 0.469 e. The number of hydrogen-bond donors (Lipinski definition) is 4. The lowest BCUT2D eigenvalue weighted by molar-refractivity contribution is -0.161. The second-order valence-electron chi connectivity index (χ2n) is 12.6. The highest BCUT2D eigenvalue weighted by molar-refractivity contribution is 7.46. The summed E-state index contributed by atoms with van der Waals surface area (Å²) >= 11 is 0. The number of allylic oxidation sites excluding steroid dienone is 2. The van der Waals surface area contributed by atoms with Crippen molar-refractivity contribution < 1.29 is 52.9 Å². The molecular weight excluding hydrogens is 627 g/mol. The number of ether oxygens (including phenoxy) is 2. The second-order valence-corrected chi connectivity index (χ2v) is 13.9. The highest BCUT2D eigenvalue weighted by atomic mass is 31.2. The van der Waals surface area contributed by atoms with E-state index in [1.54, 1.807) is 12.2 Å². The van der Waals surface area contributed by atoms with Crippen LogP contribution in [0.2, 0.25) is 0 Å². The minimum absolute atomic E-state index is 0.00741. The van der Waals surface area contributed by atoms with Crippen LogP contribution in [0.1, 0.15) is 136 Å². The molecule has 1 rings (SSSR count). The average molecular weight is 689 g/mol. The number of phosphoric acid groups is 1. The fraction of sp³-hybridized carbons (Fsp3) is 0.800. The van der Waals surface area contributed by atoms with Crippen molar-refractivity contribution in [3.05, 3.63) is 24.3 Å². The van der Waals surface area contributed by atoms with Gasteiger partial charge < -0.3 is 29.5 Å². The van der Waals surface area contributed by atoms with Gasteiger partial charge in [-0.1, -0.05) is 109 Å². The molecule has 1 aliphatic rings. The molecule has 12 heteroatoms. The topological polar surface area (TPSA) is 177 Å². The molecule has 47 heavy (non-hydrogen) atoms. The number of aliphatic hydroxyl groups is 2. The Balaban J connectivity index is 2.39. The summed E-state index contributed by atoms with van der Waals surface area (Å²) in [6.45, 7) is 3.29. The Morgan fingerprint density at radius 2 is 1.49 bits per heavy atom. The smallest absolute Gasteiger partial charge is 0.462 e. The van der Waals surface area contributed by atoms with Gasteiger partial charge in [0.1, 0.15) is 12.4 Å². The summed E-state index contributed by atoms with van der Waals surface area (Å²) in [4.78, 5) is 55.1. The summed E-state index contributed by atoms with van der Waals surface area (Å²) in [5, 5.41) is 20.5. The van der Waals surface area contributed by atoms with Crippen LogP contribution in [0, 0.1) is 11.8 Å². The molecule has 0 aromatic carbocycles. The second kappa shape index (κ2) is 26.0. The highest BCUT2D eigenvalue weighted by Crippen LogP contribution is 2.36. The average Bonchev–Trinajstić information content (AvgIpc) is 3.29. The van der Waals surface area contributed by atoms with Gasteiger partial charge in [0.2, 0.25) is 0 Å². The van der Waals surface area contributed by atoms with E-state index in [4.69, 9.17) is 19.3 Å². The molecule has 11 nitrogen and oxygen atoms in total. The van der Waals surface area contributed by atoms with Crippen molar-refractivity contribution in [2.24, 2.45) is 11.8 Å². The van der Waals surface area contributed by atoms with Crippen LogP contribution in [-0.2, 0) is 32.9 Å². The number of unbranched alkanes of at least 4 members (excludes halogenated alkanes) is 11. The maximum absolute atomic E-state index is 12.4. The largest absolute Gasteiger partial charge is 0.469 e. The molecule has 0 saturated heterocycles. The normalized spacial score (nSPS) is 19.9. The minimum atomic E-state index is -4.81. The number of aliphatic hydroxyl groups excluding tert-OH is 2. The number of ketones is 1. The number of esters is 2. The van der Waals surface area contributed by atoms with Crippen molar-refractivity contribution in [3.8, 4) is 0 Å². The van der Waals surface area contributed by atoms with Crippen LogP contribution in [0.15, 0.2) is 24.3 Å². The quantitative estimate of drug-likeness (QED) is 0.0299. The van der Waals surface area contributed by atoms with E-state index in [0.29, 0.717) is 32.1 Å². The van der Waals surface area contributed by atoms with Crippen molar-refractivity contribution in [2.45, 2.75) is 154 Å². The van der Waals surface area contributed by atoms with Gasteiger partial charge in [0.15, 0.2) is 6.10 Å². The van der Waals surface area contributed by atoms with Crippen LogP contribution in [0.4, 0.5) is 0 Å². The molecule has 0 aliphatic heterocycles. The number of phosphoric ester groups is 1. The summed E-state index contributed by atoms with van der Waals surface area (Å²) < 4.78 is 26.1. The van der Waals surface area contributed by atoms with E-state index in [1.807, 2.05) is 12.2 Å². The fourth-order valence-corrected chi connectivity index (χ4v) is 5.95.